The molecule has 1 aliphatic heterocycles. The highest BCUT2D eigenvalue weighted by Gasteiger charge is 2.38. The third-order valence-electron chi connectivity index (χ3n) is 6.59. The average Bonchev–Trinajstić information content (AvgIpc) is 3.05. The summed E-state index contributed by atoms with van der Waals surface area (Å²) in [4.78, 5) is 58.3. The van der Waals surface area contributed by atoms with Crippen molar-refractivity contribution in [2.75, 3.05) is 23.8 Å². The Morgan fingerprint density at radius 2 is 1.71 bits per heavy atom. The Morgan fingerprint density at radius 3 is 2.31 bits per heavy atom. The second-order valence-corrected chi connectivity index (χ2v) is 10.2. The van der Waals surface area contributed by atoms with Gasteiger partial charge >= 0.3 is 18.1 Å². The molecule has 0 aliphatic carbocycles. The third-order valence-corrected chi connectivity index (χ3v) is 6.59. The van der Waals surface area contributed by atoms with Gasteiger partial charge in [-0.1, -0.05) is 36.4 Å². The first-order chi connectivity index (χ1) is 21.1. The fraction of sp³-hybridized carbons (Fsp3) is 0.333. The topological polar surface area (TPSA) is 176 Å². The zero-order chi connectivity index (χ0) is 33.3. The molecule has 2 heterocycles. The van der Waals surface area contributed by atoms with Gasteiger partial charge in [0.1, 0.15) is 6.54 Å². The zero-order valence-electron chi connectivity index (χ0n) is 24.5. The second kappa shape index (κ2) is 15.0. The molecule has 4 N–H and O–H groups in total. The Labute approximate surface area is 256 Å². The van der Waals surface area contributed by atoms with Crippen LogP contribution >= 0.6 is 0 Å². The summed E-state index contributed by atoms with van der Waals surface area (Å²) in [5.41, 5.74) is 9.11. The van der Waals surface area contributed by atoms with Crippen molar-refractivity contribution in [3.63, 3.8) is 0 Å². The summed E-state index contributed by atoms with van der Waals surface area (Å²) in [6, 6.07) is 16.1. The number of nitrogens with zero attached hydrogens (tertiary/aromatic N) is 4. The number of rotatable bonds is 10. The molecule has 4 rings (SSSR count). The van der Waals surface area contributed by atoms with E-state index in [9.17, 15) is 32.7 Å². The van der Waals surface area contributed by atoms with E-state index in [0.717, 1.165) is 11.1 Å². The minimum absolute atomic E-state index is 0.153. The highest BCUT2D eigenvalue weighted by molar-refractivity contribution is 6.09. The Kier molecular flexibility index (Phi) is 11.4. The summed E-state index contributed by atoms with van der Waals surface area (Å²) < 4.78 is 37.4. The molecule has 0 radical (unpaired) electrons. The Morgan fingerprint density at radius 1 is 1.04 bits per heavy atom. The molecule has 0 bridgehead atoms. The van der Waals surface area contributed by atoms with E-state index in [4.69, 9.17) is 20.4 Å². The number of carbonyl (C=O) groups is 4. The van der Waals surface area contributed by atoms with Crippen LogP contribution in [-0.2, 0) is 27.3 Å². The SMILES string of the molecule is Cc1cc(OCCCc2ccc3c(c2)C(=O)N(C(C)CC(=O)O)CC(=O)N3Cc2ccccc2)nc(N)n1.O=C(O)C(F)(F)F. The van der Waals surface area contributed by atoms with Gasteiger partial charge in [-0.25, -0.2) is 9.78 Å². The lowest BCUT2D eigenvalue weighted by Gasteiger charge is -2.26. The number of nitrogen functional groups attached to an aromatic ring is 1. The summed E-state index contributed by atoms with van der Waals surface area (Å²) in [7, 11) is 0. The fourth-order valence-electron chi connectivity index (χ4n) is 4.48. The van der Waals surface area contributed by atoms with Gasteiger partial charge in [0.2, 0.25) is 17.7 Å². The molecule has 0 spiro atoms. The monoisotopic (exact) mass is 631 g/mol. The molecular formula is C30H32F3N5O7. The lowest BCUT2D eigenvalue weighted by atomic mass is 10.0. The number of carboxylic acid groups (broad SMARTS) is 2. The number of carbonyl (C=O) groups excluding carboxylic acids is 2. The number of alkyl halides is 3. The highest BCUT2D eigenvalue weighted by atomic mass is 19.4. The molecule has 0 saturated carbocycles. The van der Waals surface area contributed by atoms with E-state index in [0.29, 0.717) is 48.8 Å². The van der Waals surface area contributed by atoms with Crippen LogP contribution in [0.1, 0.15) is 46.9 Å². The molecule has 1 aliphatic rings. The molecule has 1 aromatic heterocycles. The number of aromatic nitrogens is 2. The number of fused-ring (bicyclic) bond motifs is 1. The minimum Gasteiger partial charge on any atom is -0.481 e. The zero-order valence-corrected chi connectivity index (χ0v) is 24.5. The molecule has 12 nitrogen and oxygen atoms in total. The molecule has 1 atom stereocenters. The Bertz CT molecular complexity index is 1520. The number of ether oxygens (including phenoxy) is 1. The standard InChI is InChI=1S/C28H31N5O5.C2HF3O2/c1-18-13-24(31-28(29)30-18)38-12-6-9-20-10-11-23-22(15-20)27(37)32(19(2)14-26(35)36)17-25(34)33(23)16-21-7-4-3-5-8-21;3-2(4,5)1(6)7/h3-5,7-8,10-11,13,15,19H,6,9,12,14,16-17H2,1-2H3,(H,35,36)(H2,29,30,31);(H,6,7). The normalized spacial score (nSPS) is 13.7. The first-order valence-corrected chi connectivity index (χ1v) is 13.7. The van der Waals surface area contributed by atoms with Crippen LogP contribution < -0.4 is 15.4 Å². The van der Waals surface area contributed by atoms with Gasteiger partial charge in [0.25, 0.3) is 5.91 Å². The van der Waals surface area contributed by atoms with Crippen LogP contribution in [0.2, 0.25) is 0 Å². The molecule has 45 heavy (non-hydrogen) atoms. The van der Waals surface area contributed by atoms with Crippen LogP contribution in [0.25, 0.3) is 0 Å². The maximum absolute atomic E-state index is 13.6. The number of benzene rings is 2. The first kappa shape index (κ1) is 34.3. The van der Waals surface area contributed by atoms with E-state index in [2.05, 4.69) is 9.97 Å². The first-order valence-electron chi connectivity index (χ1n) is 13.7. The van der Waals surface area contributed by atoms with E-state index in [1.807, 2.05) is 43.3 Å². The summed E-state index contributed by atoms with van der Waals surface area (Å²) in [5, 5.41) is 16.4. The van der Waals surface area contributed by atoms with Crippen molar-refractivity contribution in [1.29, 1.82) is 0 Å². The van der Waals surface area contributed by atoms with Crippen molar-refractivity contribution in [3.8, 4) is 5.88 Å². The number of hydrogen-bond donors (Lipinski definition) is 3. The van der Waals surface area contributed by atoms with Crippen molar-refractivity contribution in [1.82, 2.24) is 14.9 Å². The number of amides is 2. The van der Waals surface area contributed by atoms with Crippen LogP contribution in [0.3, 0.4) is 0 Å². The number of halogens is 3. The maximum Gasteiger partial charge on any atom is 0.490 e. The lowest BCUT2D eigenvalue weighted by Crippen LogP contribution is -2.44. The summed E-state index contributed by atoms with van der Waals surface area (Å²) in [6.45, 7) is 3.95. The molecule has 1 unspecified atom stereocenters. The highest BCUT2D eigenvalue weighted by Crippen LogP contribution is 2.30. The fourth-order valence-corrected chi connectivity index (χ4v) is 4.48. The summed E-state index contributed by atoms with van der Waals surface area (Å²) in [6.07, 6.45) is -4.06. The predicted molar refractivity (Wildman–Crippen MR) is 156 cm³/mol. The third kappa shape index (κ3) is 9.91. The van der Waals surface area contributed by atoms with Gasteiger partial charge in [-0.2, -0.15) is 18.2 Å². The van der Waals surface area contributed by atoms with Gasteiger partial charge in [0.05, 0.1) is 30.8 Å². The Hall–Kier alpha value is -5.21. The summed E-state index contributed by atoms with van der Waals surface area (Å²) in [5.74, 6) is -3.85. The molecule has 15 heteroatoms. The van der Waals surface area contributed by atoms with Crippen molar-refractivity contribution in [3.05, 3.63) is 77.0 Å². The summed E-state index contributed by atoms with van der Waals surface area (Å²) >= 11 is 0. The van der Waals surface area contributed by atoms with Gasteiger partial charge < -0.3 is 30.5 Å². The average molecular weight is 632 g/mol. The van der Waals surface area contributed by atoms with E-state index >= 15 is 0 Å². The molecule has 0 fully saturated rings. The van der Waals surface area contributed by atoms with Crippen LogP contribution in [0.4, 0.5) is 24.8 Å². The van der Waals surface area contributed by atoms with E-state index in [-0.39, 0.29) is 30.7 Å². The minimum atomic E-state index is -5.08. The van der Waals surface area contributed by atoms with E-state index < -0.39 is 24.2 Å². The quantitative estimate of drug-likeness (QED) is 0.279. The number of nitrogens with two attached hydrogens (primary N) is 1. The Balaban J connectivity index is 0.000000707. The van der Waals surface area contributed by atoms with Crippen molar-refractivity contribution >= 4 is 35.4 Å². The molecule has 0 saturated heterocycles. The largest absolute Gasteiger partial charge is 0.490 e. The van der Waals surface area contributed by atoms with Crippen LogP contribution in [-0.4, -0.2) is 74.2 Å². The number of hydrogen-bond acceptors (Lipinski definition) is 8. The van der Waals surface area contributed by atoms with Gasteiger partial charge in [-0.05, 0) is 49.9 Å². The van der Waals surface area contributed by atoms with Crippen LogP contribution in [0.5, 0.6) is 5.88 Å². The van der Waals surface area contributed by atoms with Gasteiger partial charge in [0, 0.05) is 17.8 Å². The molecule has 2 aromatic carbocycles. The number of anilines is 2. The molecule has 2 amide bonds. The molecule has 3 aromatic rings. The maximum atomic E-state index is 13.6. The molecular weight excluding hydrogens is 599 g/mol. The van der Waals surface area contributed by atoms with Gasteiger partial charge in [0.15, 0.2) is 0 Å². The van der Waals surface area contributed by atoms with Gasteiger partial charge in [-0.3, -0.25) is 14.4 Å². The number of aryl methyl sites for hydroxylation is 2. The van der Waals surface area contributed by atoms with Crippen molar-refractivity contribution < 1.29 is 47.3 Å². The van der Waals surface area contributed by atoms with Gasteiger partial charge in [-0.15, -0.1) is 0 Å². The van der Waals surface area contributed by atoms with Crippen LogP contribution in [0, 0.1) is 6.92 Å². The van der Waals surface area contributed by atoms with Crippen molar-refractivity contribution in [2.45, 2.75) is 51.9 Å². The smallest absolute Gasteiger partial charge is 0.481 e. The number of carboxylic acids is 2. The van der Waals surface area contributed by atoms with E-state index in [1.165, 1.54) is 4.90 Å². The van der Waals surface area contributed by atoms with E-state index in [1.54, 1.807) is 30.0 Å². The van der Waals surface area contributed by atoms with Crippen LogP contribution in [0.15, 0.2) is 54.6 Å². The molecule has 240 valence electrons. The predicted octanol–water partition coefficient (Wildman–Crippen LogP) is 3.86. The second-order valence-electron chi connectivity index (χ2n) is 10.2. The van der Waals surface area contributed by atoms with Crippen molar-refractivity contribution in [2.24, 2.45) is 0 Å². The lowest BCUT2D eigenvalue weighted by molar-refractivity contribution is -0.192. The number of aliphatic carboxylic acids is 2.